The Bertz CT molecular complexity index is 975. The second-order valence-corrected chi connectivity index (χ2v) is 8.45. The highest BCUT2D eigenvalue weighted by Crippen LogP contribution is 2.22. The molecule has 0 saturated heterocycles. The molecular weight excluding hydrogens is 394 g/mol. The lowest BCUT2D eigenvalue weighted by molar-refractivity contribution is -0.114. The van der Waals surface area contributed by atoms with Crippen molar-refractivity contribution in [3.63, 3.8) is 0 Å². The van der Waals surface area contributed by atoms with E-state index < -0.39 is 28.6 Å². The number of nitrogens with one attached hydrogen (secondary N) is 1. The van der Waals surface area contributed by atoms with Crippen LogP contribution in [0.1, 0.15) is 22.8 Å². The first kappa shape index (κ1) is 22.4. The van der Waals surface area contributed by atoms with Gasteiger partial charge >= 0.3 is 16.2 Å². The van der Waals surface area contributed by atoms with Crippen molar-refractivity contribution in [1.29, 1.82) is 0 Å². The van der Waals surface area contributed by atoms with Gasteiger partial charge in [-0.25, -0.2) is 9.10 Å². The monoisotopic (exact) mass is 419 g/mol. The van der Waals surface area contributed by atoms with E-state index in [1.54, 1.807) is 62.4 Å². The molecule has 0 unspecified atom stereocenters. The number of ether oxygens (including phenoxy) is 1. The van der Waals surface area contributed by atoms with Crippen molar-refractivity contribution in [2.45, 2.75) is 13.8 Å². The third-order valence-corrected chi connectivity index (χ3v) is 5.99. The molecule has 0 bridgehead atoms. The summed E-state index contributed by atoms with van der Waals surface area (Å²) in [4.78, 5) is 24.7. The highest BCUT2D eigenvalue weighted by Gasteiger charge is 2.27. The number of anilines is 2. The molecule has 0 spiro atoms. The van der Waals surface area contributed by atoms with Crippen LogP contribution < -0.4 is 9.62 Å². The number of hydrogen-bond acceptors (Lipinski definition) is 5. The number of nitrogens with zero attached hydrogens (tertiary/aromatic N) is 2. The van der Waals surface area contributed by atoms with Crippen molar-refractivity contribution in [3.05, 3.63) is 59.7 Å². The van der Waals surface area contributed by atoms with E-state index in [0.29, 0.717) is 22.5 Å². The smallest absolute Gasteiger partial charge is 0.338 e. The average molecular weight is 420 g/mol. The Morgan fingerprint density at radius 1 is 1.03 bits per heavy atom. The lowest BCUT2D eigenvalue weighted by atomic mass is 10.1. The van der Waals surface area contributed by atoms with Gasteiger partial charge in [0.2, 0.25) is 5.91 Å². The Morgan fingerprint density at radius 2 is 1.69 bits per heavy atom. The summed E-state index contributed by atoms with van der Waals surface area (Å²) in [6.45, 7) is 3.21. The standard InChI is InChI=1S/C20H25N3O5S/c1-5-28-20(25)17-12-9-13-18(15(17)2)21-19(24)14-23(29(26,27)22(3)4)16-10-7-6-8-11-16/h6-13H,5,14H2,1-4H3,(H,21,24). The number of para-hydroxylation sites is 1. The molecule has 0 aliphatic rings. The van der Waals surface area contributed by atoms with Gasteiger partial charge in [0.15, 0.2) is 0 Å². The van der Waals surface area contributed by atoms with E-state index in [-0.39, 0.29) is 6.61 Å². The summed E-state index contributed by atoms with van der Waals surface area (Å²) >= 11 is 0. The van der Waals surface area contributed by atoms with Crippen LogP contribution in [-0.4, -0.2) is 51.8 Å². The molecule has 2 rings (SSSR count). The molecule has 9 heteroatoms. The van der Waals surface area contributed by atoms with E-state index in [9.17, 15) is 18.0 Å². The number of rotatable bonds is 8. The van der Waals surface area contributed by atoms with Crippen LogP contribution in [0.4, 0.5) is 11.4 Å². The molecule has 2 aromatic carbocycles. The maximum absolute atomic E-state index is 12.7. The van der Waals surface area contributed by atoms with Gasteiger partial charge in [-0.05, 0) is 43.7 Å². The third kappa shape index (κ3) is 5.33. The summed E-state index contributed by atoms with van der Waals surface area (Å²) in [7, 11) is -1.09. The van der Waals surface area contributed by atoms with Gasteiger partial charge in [-0.1, -0.05) is 24.3 Å². The number of carbonyl (C=O) groups excluding carboxylic acids is 2. The molecule has 0 heterocycles. The van der Waals surface area contributed by atoms with E-state index in [1.807, 2.05) is 0 Å². The summed E-state index contributed by atoms with van der Waals surface area (Å²) in [6.07, 6.45) is 0. The SMILES string of the molecule is CCOC(=O)c1cccc(NC(=O)CN(c2ccccc2)S(=O)(=O)N(C)C)c1C. The van der Waals surface area contributed by atoms with E-state index in [4.69, 9.17) is 4.74 Å². The maximum Gasteiger partial charge on any atom is 0.338 e. The van der Waals surface area contributed by atoms with Gasteiger partial charge in [0.1, 0.15) is 6.54 Å². The fraction of sp³-hybridized carbons (Fsp3) is 0.300. The zero-order valence-electron chi connectivity index (χ0n) is 16.9. The fourth-order valence-corrected chi connectivity index (χ4v) is 3.68. The minimum absolute atomic E-state index is 0.239. The summed E-state index contributed by atoms with van der Waals surface area (Å²) in [5.74, 6) is -1.02. The molecule has 0 saturated carbocycles. The molecular formula is C20H25N3O5S. The molecule has 156 valence electrons. The molecule has 0 aliphatic heterocycles. The number of hydrogen-bond donors (Lipinski definition) is 1. The molecule has 2 aromatic rings. The van der Waals surface area contributed by atoms with Crippen molar-refractivity contribution in [1.82, 2.24) is 4.31 Å². The topological polar surface area (TPSA) is 96.0 Å². The van der Waals surface area contributed by atoms with Crippen molar-refractivity contribution in [2.75, 3.05) is 36.9 Å². The van der Waals surface area contributed by atoms with Gasteiger partial charge in [0.05, 0.1) is 17.9 Å². The molecule has 1 N–H and O–H groups in total. The summed E-state index contributed by atoms with van der Waals surface area (Å²) in [5.41, 5.74) is 1.66. The number of esters is 1. The Kier molecular flexibility index (Phi) is 7.35. The van der Waals surface area contributed by atoms with Crippen LogP contribution in [0.5, 0.6) is 0 Å². The van der Waals surface area contributed by atoms with Crippen molar-refractivity contribution < 1.29 is 22.7 Å². The predicted octanol–water partition coefficient (Wildman–Crippen LogP) is 2.42. The van der Waals surface area contributed by atoms with Crippen LogP contribution in [-0.2, 0) is 19.7 Å². The molecule has 0 radical (unpaired) electrons. The van der Waals surface area contributed by atoms with Gasteiger partial charge in [-0.2, -0.15) is 12.7 Å². The zero-order chi connectivity index (χ0) is 21.6. The lowest BCUT2D eigenvalue weighted by Crippen LogP contribution is -2.44. The van der Waals surface area contributed by atoms with Gasteiger partial charge in [0, 0.05) is 19.8 Å². The second-order valence-electron chi connectivity index (χ2n) is 6.38. The van der Waals surface area contributed by atoms with Crippen LogP contribution in [0.15, 0.2) is 48.5 Å². The highest BCUT2D eigenvalue weighted by molar-refractivity contribution is 7.90. The quantitative estimate of drug-likeness (QED) is 0.663. The maximum atomic E-state index is 12.7. The predicted molar refractivity (Wildman–Crippen MR) is 112 cm³/mol. The summed E-state index contributed by atoms with van der Waals surface area (Å²) in [5, 5.41) is 2.69. The van der Waals surface area contributed by atoms with Crippen molar-refractivity contribution in [2.24, 2.45) is 0 Å². The lowest BCUT2D eigenvalue weighted by Gasteiger charge is -2.27. The van der Waals surface area contributed by atoms with E-state index in [1.165, 1.54) is 14.1 Å². The summed E-state index contributed by atoms with van der Waals surface area (Å²) in [6, 6.07) is 13.2. The normalized spacial score (nSPS) is 11.2. The number of amides is 1. The Hall–Kier alpha value is -2.91. The van der Waals surface area contributed by atoms with Crippen LogP contribution in [0.3, 0.4) is 0 Å². The van der Waals surface area contributed by atoms with Crippen LogP contribution in [0, 0.1) is 6.92 Å². The first-order valence-corrected chi connectivity index (χ1v) is 10.4. The van der Waals surface area contributed by atoms with Crippen LogP contribution >= 0.6 is 0 Å². The summed E-state index contributed by atoms with van der Waals surface area (Å²) < 4.78 is 32.5. The fourth-order valence-electron chi connectivity index (χ4n) is 2.62. The molecule has 1 amide bonds. The van der Waals surface area contributed by atoms with Gasteiger partial charge < -0.3 is 10.1 Å². The third-order valence-electron chi connectivity index (χ3n) is 4.17. The minimum Gasteiger partial charge on any atom is -0.462 e. The first-order chi connectivity index (χ1) is 13.7. The van der Waals surface area contributed by atoms with E-state index in [0.717, 1.165) is 8.61 Å². The highest BCUT2D eigenvalue weighted by atomic mass is 32.2. The molecule has 0 aliphatic carbocycles. The van der Waals surface area contributed by atoms with Crippen molar-refractivity contribution in [3.8, 4) is 0 Å². The Balaban J connectivity index is 2.28. The van der Waals surface area contributed by atoms with Crippen LogP contribution in [0.2, 0.25) is 0 Å². The largest absolute Gasteiger partial charge is 0.462 e. The van der Waals surface area contributed by atoms with Gasteiger partial charge in [-0.3, -0.25) is 4.79 Å². The Labute approximate surface area is 171 Å². The number of benzene rings is 2. The van der Waals surface area contributed by atoms with Crippen LogP contribution in [0.25, 0.3) is 0 Å². The van der Waals surface area contributed by atoms with Gasteiger partial charge in [-0.15, -0.1) is 0 Å². The number of carbonyl (C=O) groups is 2. The second kappa shape index (κ2) is 9.53. The van der Waals surface area contributed by atoms with Gasteiger partial charge in [0.25, 0.3) is 0 Å². The minimum atomic E-state index is -3.89. The molecule has 0 atom stereocenters. The molecule has 0 aromatic heterocycles. The average Bonchev–Trinajstić information content (AvgIpc) is 2.68. The molecule has 8 nitrogen and oxygen atoms in total. The first-order valence-electron chi connectivity index (χ1n) is 9.00. The molecule has 0 fully saturated rings. The Morgan fingerprint density at radius 3 is 2.28 bits per heavy atom. The van der Waals surface area contributed by atoms with E-state index in [2.05, 4.69) is 5.32 Å². The van der Waals surface area contributed by atoms with E-state index >= 15 is 0 Å². The van der Waals surface area contributed by atoms with Crippen molar-refractivity contribution >= 4 is 33.5 Å². The zero-order valence-corrected chi connectivity index (χ0v) is 17.7. The molecule has 29 heavy (non-hydrogen) atoms.